The van der Waals surface area contributed by atoms with Gasteiger partial charge in [-0.05, 0) is 45.6 Å². The van der Waals surface area contributed by atoms with Gasteiger partial charge in [-0.2, -0.15) is 0 Å². The molecule has 0 aliphatic rings. The van der Waals surface area contributed by atoms with Crippen LogP contribution in [0.5, 0.6) is 5.75 Å². The average molecular weight is 362 g/mol. The van der Waals surface area contributed by atoms with Gasteiger partial charge in [0, 0.05) is 10.0 Å². The Morgan fingerprint density at radius 3 is 2.47 bits per heavy atom. The summed E-state index contributed by atoms with van der Waals surface area (Å²) in [6.07, 6.45) is 2.74. The van der Waals surface area contributed by atoms with E-state index in [2.05, 4.69) is 31.9 Å². The Morgan fingerprint density at radius 2 is 2.00 bits per heavy atom. The summed E-state index contributed by atoms with van der Waals surface area (Å²) in [5.74, 6) is 0.920. The molecule has 0 heterocycles. The lowest BCUT2D eigenvalue weighted by Crippen LogP contribution is -1.96. The Balaban J connectivity index is 3.34. The first kappa shape index (κ1) is 14.5. The summed E-state index contributed by atoms with van der Waals surface area (Å²) in [7, 11) is 1.61. The maximum absolute atomic E-state index is 11.0. The molecule has 17 heavy (non-hydrogen) atoms. The van der Waals surface area contributed by atoms with Gasteiger partial charge in [-0.25, -0.2) is 0 Å². The SMILES string of the molecule is COc1c(Br)cc(Br)cc1C=C(C=O)C(C)C. The van der Waals surface area contributed by atoms with E-state index in [4.69, 9.17) is 4.74 Å². The highest BCUT2D eigenvalue weighted by atomic mass is 79.9. The Kier molecular flexibility index (Phi) is 5.40. The number of hydrogen-bond acceptors (Lipinski definition) is 2. The minimum Gasteiger partial charge on any atom is -0.495 e. The third kappa shape index (κ3) is 3.68. The monoisotopic (exact) mass is 360 g/mol. The maximum atomic E-state index is 11.0. The molecule has 0 bridgehead atoms. The summed E-state index contributed by atoms with van der Waals surface area (Å²) >= 11 is 6.86. The van der Waals surface area contributed by atoms with Crippen molar-refractivity contribution in [3.8, 4) is 5.75 Å². The smallest absolute Gasteiger partial charge is 0.146 e. The van der Waals surface area contributed by atoms with Gasteiger partial charge in [0.15, 0.2) is 0 Å². The zero-order valence-electron chi connectivity index (χ0n) is 9.96. The Labute approximate surface area is 118 Å². The second-order valence-electron chi connectivity index (χ2n) is 3.93. The molecule has 92 valence electrons. The molecule has 0 aromatic heterocycles. The summed E-state index contributed by atoms with van der Waals surface area (Å²) in [6, 6.07) is 3.83. The number of ether oxygens (including phenoxy) is 1. The van der Waals surface area contributed by atoms with Crippen LogP contribution in [0.2, 0.25) is 0 Å². The van der Waals surface area contributed by atoms with Crippen LogP contribution >= 0.6 is 31.9 Å². The van der Waals surface area contributed by atoms with Gasteiger partial charge in [0.1, 0.15) is 12.0 Å². The fourth-order valence-corrected chi connectivity index (χ4v) is 2.84. The molecule has 0 aliphatic carbocycles. The maximum Gasteiger partial charge on any atom is 0.146 e. The topological polar surface area (TPSA) is 26.3 Å². The number of benzene rings is 1. The fraction of sp³-hybridized carbons (Fsp3) is 0.308. The number of hydrogen-bond donors (Lipinski definition) is 0. The van der Waals surface area contributed by atoms with Gasteiger partial charge in [0.2, 0.25) is 0 Å². The van der Waals surface area contributed by atoms with E-state index >= 15 is 0 Å². The second-order valence-corrected chi connectivity index (χ2v) is 5.70. The predicted octanol–water partition coefficient (Wildman–Crippen LogP) is 4.46. The Bertz CT molecular complexity index is 451. The van der Waals surface area contributed by atoms with E-state index in [1.807, 2.05) is 32.1 Å². The van der Waals surface area contributed by atoms with Gasteiger partial charge in [0.05, 0.1) is 11.6 Å². The first-order valence-corrected chi connectivity index (χ1v) is 6.78. The van der Waals surface area contributed by atoms with Crippen molar-refractivity contribution in [2.75, 3.05) is 7.11 Å². The van der Waals surface area contributed by atoms with Crippen molar-refractivity contribution in [3.05, 3.63) is 32.2 Å². The van der Waals surface area contributed by atoms with E-state index in [1.165, 1.54) is 0 Å². The summed E-state index contributed by atoms with van der Waals surface area (Å²) in [5, 5.41) is 0. The lowest BCUT2D eigenvalue weighted by atomic mass is 10.0. The predicted molar refractivity (Wildman–Crippen MR) is 77.3 cm³/mol. The molecule has 1 aromatic rings. The van der Waals surface area contributed by atoms with Crippen molar-refractivity contribution in [3.63, 3.8) is 0 Å². The third-order valence-electron chi connectivity index (χ3n) is 2.37. The number of carbonyl (C=O) groups is 1. The molecule has 0 saturated heterocycles. The molecular weight excluding hydrogens is 348 g/mol. The van der Waals surface area contributed by atoms with E-state index in [0.717, 1.165) is 32.1 Å². The molecule has 0 N–H and O–H groups in total. The van der Waals surface area contributed by atoms with Crippen LogP contribution in [0.1, 0.15) is 19.4 Å². The van der Waals surface area contributed by atoms with Gasteiger partial charge >= 0.3 is 0 Å². The zero-order chi connectivity index (χ0) is 13.0. The minimum atomic E-state index is 0.190. The normalized spacial score (nSPS) is 11.8. The van der Waals surface area contributed by atoms with Crippen LogP contribution in [-0.2, 0) is 4.79 Å². The molecular formula is C13H14Br2O2. The Morgan fingerprint density at radius 1 is 1.35 bits per heavy atom. The van der Waals surface area contributed by atoms with Crippen molar-refractivity contribution in [1.29, 1.82) is 0 Å². The first-order chi connectivity index (χ1) is 7.99. The molecule has 0 amide bonds. The summed E-state index contributed by atoms with van der Waals surface area (Å²) in [4.78, 5) is 11.0. The van der Waals surface area contributed by atoms with Crippen LogP contribution in [0.4, 0.5) is 0 Å². The zero-order valence-corrected chi connectivity index (χ0v) is 13.1. The number of halogens is 2. The van der Waals surface area contributed by atoms with E-state index in [9.17, 15) is 4.79 Å². The van der Waals surface area contributed by atoms with Crippen LogP contribution in [0.15, 0.2) is 26.7 Å². The third-order valence-corrected chi connectivity index (χ3v) is 3.41. The molecule has 0 spiro atoms. The Hall–Kier alpha value is -0.610. The fourth-order valence-electron chi connectivity index (χ4n) is 1.42. The lowest BCUT2D eigenvalue weighted by Gasteiger charge is -2.10. The molecule has 0 fully saturated rings. The standard InChI is InChI=1S/C13H14Br2O2/c1-8(2)10(7-16)4-9-5-11(14)6-12(15)13(9)17-3/h4-8H,1-3H3. The molecule has 4 heteroatoms. The van der Waals surface area contributed by atoms with Crippen molar-refractivity contribution < 1.29 is 9.53 Å². The summed E-state index contributed by atoms with van der Waals surface area (Å²) in [5.41, 5.74) is 1.62. The lowest BCUT2D eigenvalue weighted by molar-refractivity contribution is -0.105. The number of allylic oxidation sites excluding steroid dienone is 1. The number of rotatable bonds is 4. The van der Waals surface area contributed by atoms with Crippen molar-refractivity contribution in [2.24, 2.45) is 5.92 Å². The van der Waals surface area contributed by atoms with Crippen LogP contribution in [0.3, 0.4) is 0 Å². The van der Waals surface area contributed by atoms with Gasteiger partial charge in [-0.15, -0.1) is 0 Å². The van der Waals surface area contributed by atoms with Crippen molar-refractivity contribution in [2.45, 2.75) is 13.8 Å². The number of aldehydes is 1. The molecule has 1 rings (SSSR count). The van der Waals surface area contributed by atoms with E-state index in [1.54, 1.807) is 7.11 Å². The molecule has 0 saturated carbocycles. The molecule has 2 nitrogen and oxygen atoms in total. The second kappa shape index (κ2) is 6.36. The molecule has 0 radical (unpaired) electrons. The van der Waals surface area contributed by atoms with Gasteiger partial charge in [-0.3, -0.25) is 4.79 Å². The van der Waals surface area contributed by atoms with Crippen molar-refractivity contribution in [1.82, 2.24) is 0 Å². The quantitative estimate of drug-likeness (QED) is 0.584. The molecule has 0 unspecified atom stereocenters. The number of carbonyl (C=O) groups excluding carboxylic acids is 1. The molecule has 0 atom stereocenters. The first-order valence-electron chi connectivity index (χ1n) is 5.19. The summed E-state index contributed by atoms with van der Waals surface area (Å²) < 4.78 is 7.12. The van der Waals surface area contributed by atoms with Crippen LogP contribution in [-0.4, -0.2) is 13.4 Å². The van der Waals surface area contributed by atoms with E-state index in [0.29, 0.717) is 0 Å². The average Bonchev–Trinajstić information content (AvgIpc) is 2.24. The van der Waals surface area contributed by atoms with Crippen molar-refractivity contribution >= 4 is 44.2 Å². The van der Waals surface area contributed by atoms with E-state index in [-0.39, 0.29) is 5.92 Å². The molecule has 1 aromatic carbocycles. The highest BCUT2D eigenvalue weighted by molar-refractivity contribution is 9.11. The highest BCUT2D eigenvalue weighted by Gasteiger charge is 2.09. The minimum absolute atomic E-state index is 0.190. The number of methoxy groups -OCH3 is 1. The summed E-state index contributed by atoms with van der Waals surface area (Å²) in [6.45, 7) is 3.97. The highest BCUT2D eigenvalue weighted by Crippen LogP contribution is 2.34. The van der Waals surface area contributed by atoms with Crippen LogP contribution in [0, 0.1) is 5.92 Å². The van der Waals surface area contributed by atoms with Gasteiger partial charge < -0.3 is 4.74 Å². The van der Waals surface area contributed by atoms with Crippen LogP contribution in [0.25, 0.3) is 6.08 Å². The van der Waals surface area contributed by atoms with Gasteiger partial charge in [0.25, 0.3) is 0 Å². The molecule has 0 aliphatic heterocycles. The van der Waals surface area contributed by atoms with E-state index < -0.39 is 0 Å². The van der Waals surface area contributed by atoms with Crippen LogP contribution < -0.4 is 4.74 Å². The largest absolute Gasteiger partial charge is 0.495 e. The van der Waals surface area contributed by atoms with Gasteiger partial charge in [-0.1, -0.05) is 29.8 Å².